The van der Waals surface area contributed by atoms with Crippen molar-refractivity contribution >= 4 is 5.78 Å². The van der Waals surface area contributed by atoms with E-state index in [1.807, 2.05) is 43.3 Å². The van der Waals surface area contributed by atoms with Crippen molar-refractivity contribution in [1.29, 1.82) is 0 Å². The van der Waals surface area contributed by atoms with Crippen LogP contribution >= 0.6 is 0 Å². The van der Waals surface area contributed by atoms with Gasteiger partial charge in [-0.25, -0.2) is 0 Å². The Kier molecular flexibility index (Phi) is 6.10. The summed E-state index contributed by atoms with van der Waals surface area (Å²) in [6, 6.07) is 20.6. The van der Waals surface area contributed by atoms with Crippen molar-refractivity contribution in [2.24, 2.45) is 11.8 Å². The Labute approximate surface area is 179 Å². The molecule has 0 unspecified atom stereocenters. The van der Waals surface area contributed by atoms with Gasteiger partial charge in [0.15, 0.2) is 5.79 Å². The second-order valence-corrected chi connectivity index (χ2v) is 8.74. The van der Waals surface area contributed by atoms with Crippen LogP contribution in [0.2, 0.25) is 0 Å². The number of carbonyl (C=O) groups excluding carboxylic acids is 1. The lowest BCUT2D eigenvalue weighted by Gasteiger charge is -2.48. The molecule has 4 heteroatoms. The van der Waals surface area contributed by atoms with Crippen LogP contribution in [0, 0.1) is 11.8 Å². The molecule has 0 amide bonds. The summed E-state index contributed by atoms with van der Waals surface area (Å²) in [5, 5.41) is 10.7. The number of ketones is 1. The Morgan fingerprint density at radius 2 is 1.50 bits per heavy atom. The summed E-state index contributed by atoms with van der Waals surface area (Å²) in [7, 11) is 0. The minimum Gasteiger partial charge on any atom is -0.392 e. The lowest BCUT2D eigenvalue weighted by molar-refractivity contribution is -0.304. The van der Waals surface area contributed by atoms with Gasteiger partial charge in [-0.2, -0.15) is 0 Å². The van der Waals surface area contributed by atoms with Crippen LogP contribution in [0.25, 0.3) is 0 Å². The fourth-order valence-corrected chi connectivity index (χ4v) is 5.42. The predicted molar refractivity (Wildman–Crippen MR) is 116 cm³/mol. The van der Waals surface area contributed by atoms with Crippen molar-refractivity contribution in [3.05, 3.63) is 71.8 Å². The van der Waals surface area contributed by atoms with Crippen molar-refractivity contribution in [1.82, 2.24) is 0 Å². The number of aliphatic hydroxyl groups is 1. The molecule has 1 saturated carbocycles. The van der Waals surface area contributed by atoms with Gasteiger partial charge in [-0.15, -0.1) is 0 Å². The maximum atomic E-state index is 12.9. The smallest absolute Gasteiger partial charge is 0.178 e. The summed E-state index contributed by atoms with van der Waals surface area (Å²) in [6.07, 6.45) is 1.80. The number of ether oxygens (including phenoxy) is 2. The van der Waals surface area contributed by atoms with Crippen molar-refractivity contribution in [2.45, 2.75) is 56.8 Å². The molecule has 4 rings (SSSR count). The highest BCUT2D eigenvalue weighted by Gasteiger charge is 2.59. The highest BCUT2D eigenvalue weighted by Crippen LogP contribution is 2.50. The first kappa shape index (κ1) is 21.2. The monoisotopic (exact) mass is 408 g/mol. The zero-order valence-electron chi connectivity index (χ0n) is 17.9. The zero-order chi connectivity index (χ0) is 21.2. The first-order valence-corrected chi connectivity index (χ1v) is 11.2. The molecule has 1 aliphatic carbocycles. The van der Waals surface area contributed by atoms with Crippen LogP contribution in [0.5, 0.6) is 0 Å². The molecule has 3 atom stereocenters. The summed E-state index contributed by atoms with van der Waals surface area (Å²) >= 11 is 0. The largest absolute Gasteiger partial charge is 0.392 e. The second-order valence-electron chi connectivity index (χ2n) is 8.74. The van der Waals surface area contributed by atoms with E-state index in [2.05, 4.69) is 31.2 Å². The molecule has 2 aliphatic rings. The van der Waals surface area contributed by atoms with E-state index in [-0.39, 0.29) is 18.1 Å². The molecule has 160 valence electrons. The lowest BCUT2D eigenvalue weighted by Crippen LogP contribution is -2.55. The van der Waals surface area contributed by atoms with Crippen molar-refractivity contribution in [2.75, 3.05) is 13.2 Å². The number of carbonyl (C=O) groups is 1. The van der Waals surface area contributed by atoms with Crippen molar-refractivity contribution < 1.29 is 19.4 Å². The number of aliphatic hydroxyl groups excluding tert-OH is 1. The van der Waals surface area contributed by atoms with Gasteiger partial charge in [-0.1, -0.05) is 80.9 Å². The van der Waals surface area contributed by atoms with E-state index in [9.17, 15) is 9.90 Å². The Balaban J connectivity index is 1.66. The molecular formula is C26H32O4. The third kappa shape index (κ3) is 3.51. The molecule has 1 saturated heterocycles. The molecule has 1 heterocycles. The maximum Gasteiger partial charge on any atom is 0.178 e. The molecule has 0 radical (unpaired) electrons. The molecular weight excluding hydrogens is 376 g/mol. The summed E-state index contributed by atoms with van der Waals surface area (Å²) < 4.78 is 13.1. The van der Waals surface area contributed by atoms with Crippen molar-refractivity contribution in [3.63, 3.8) is 0 Å². The minimum atomic E-state index is -0.932. The normalized spacial score (nSPS) is 26.0. The van der Waals surface area contributed by atoms with Gasteiger partial charge in [0.25, 0.3) is 0 Å². The molecule has 0 bridgehead atoms. The molecule has 30 heavy (non-hydrogen) atoms. The standard InChI is InChI=1S/C26H32O4/c1-3-11-22(27)24-21(4-2)26(16-23(24)28)29-17-25(18-30-26,19-12-7-5-8-13-19)20-14-9-6-10-15-20/h5-10,12-15,21-22,24,27H,3-4,11,16-18H2,1-2H3/t21-,22+,24+/m1/s1. The number of benzene rings is 2. The Morgan fingerprint density at radius 1 is 0.967 bits per heavy atom. The summed E-state index contributed by atoms with van der Waals surface area (Å²) in [4.78, 5) is 12.9. The molecule has 2 aromatic carbocycles. The van der Waals surface area contributed by atoms with Crippen LogP contribution in [-0.2, 0) is 19.7 Å². The fourth-order valence-electron chi connectivity index (χ4n) is 5.42. The van der Waals surface area contributed by atoms with E-state index in [4.69, 9.17) is 9.47 Å². The lowest BCUT2D eigenvalue weighted by atomic mass is 9.74. The third-order valence-electron chi connectivity index (χ3n) is 7.01. The van der Waals surface area contributed by atoms with E-state index < -0.39 is 23.2 Å². The van der Waals surface area contributed by atoms with Crippen LogP contribution < -0.4 is 0 Å². The van der Waals surface area contributed by atoms with E-state index in [1.165, 1.54) is 0 Å². The molecule has 2 fully saturated rings. The van der Waals surface area contributed by atoms with Gasteiger partial charge in [-0.3, -0.25) is 4.79 Å². The van der Waals surface area contributed by atoms with Crippen LogP contribution in [0.3, 0.4) is 0 Å². The highest BCUT2D eigenvalue weighted by molar-refractivity contribution is 5.85. The predicted octanol–water partition coefficient (Wildman–Crippen LogP) is 4.49. The van der Waals surface area contributed by atoms with Crippen molar-refractivity contribution in [3.8, 4) is 0 Å². The molecule has 1 spiro atoms. The zero-order valence-corrected chi connectivity index (χ0v) is 17.9. The van der Waals surface area contributed by atoms with E-state index in [1.54, 1.807) is 0 Å². The molecule has 2 aromatic rings. The van der Waals surface area contributed by atoms with Gasteiger partial charge in [0, 0.05) is 5.92 Å². The van der Waals surface area contributed by atoms with Crippen LogP contribution in [0.1, 0.15) is 50.7 Å². The quantitative estimate of drug-likeness (QED) is 0.765. The molecule has 4 nitrogen and oxygen atoms in total. The third-order valence-corrected chi connectivity index (χ3v) is 7.01. The molecule has 1 N–H and O–H groups in total. The summed E-state index contributed by atoms with van der Waals surface area (Å²) in [5.41, 5.74) is 1.87. The van der Waals surface area contributed by atoms with E-state index in [0.29, 0.717) is 19.6 Å². The fraction of sp³-hybridized carbons (Fsp3) is 0.500. The van der Waals surface area contributed by atoms with Gasteiger partial charge < -0.3 is 14.6 Å². The summed E-state index contributed by atoms with van der Waals surface area (Å²) in [6.45, 7) is 4.98. The van der Waals surface area contributed by atoms with Gasteiger partial charge in [0.1, 0.15) is 5.78 Å². The maximum absolute atomic E-state index is 12.9. The topological polar surface area (TPSA) is 55.8 Å². The highest BCUT2D eigenvalue weighted by atomic mass is 16.7. The van der Waals surface area contributed by atoms with Gasteiger partial charge >= 0.3 is 0 Å². The molecule has 0 aromatic heterocycles. The summed E-state index contributed by atoms with van der Waals surface area (Å²) in [5.74, 6) is -1.40. The molecule has 1 aliphatic heterocycles. The van der Waals surface area contributed by atoms with E-state index >= 15 is 0 Å². The van der Waals surface area contributed by atoms with Crippen LogP contribution in [0.15, 0.2) is 60.7 Å². The van der Waals surface area contributed by atoms with E-state index in [0.717, 1.165) is 24.0 Å². The average molecular weight is 409 g/mol. The second kappa shape index (κ2) is 8.62. The minimum absolute atomic E-state index is 0.0646. The number of Topliss-reactive ketones (excluding diaryl/α,β-unsaturated/α-hetero) is 1. The number of hydrogen-bond donors (Lipinski definition) is 1. The van der Waals surface area contributed by atoms with Crippen LogP contribution in [-0.4, -0.2) is 36.0 Å². The average Bonchev–Trinajstić information content (AvgIpc) is 3.06. The van der Waals surface area contributed by atoms with Gasteiger partial charge in [-0.05, 0) is 24.0 Å². The van der Waals surface area contributed by atoms with Gasteiger partial charge in [0.05, 0.1) is 37.1 Å². The first-order valence-electron chi connectivity index (χ1n) is 11.2. The SMILES string of the molecule is CCC[C@H](O)[C@H]1C(=O)CC2(OCC(c3ccccc3)(c3ccccc3)CO2)[C@@H]1CC. The first-order chi connectivity index (χ1) is 14.6. The number of rotatable bonds is 6. The Morgan fingerprint density at radius 3 is 1.97 bits per heavy atom. The van der Waals surface area contributed by atoms with Gasteiger partial charge in [0.2, 0.25) is 0 Å². The van der Waals surface area contributed by atoms with Crippen LogP contribution in [0.4, 0.5) is 0 Å². The number of hydrogen-bond acceptors (Lipinski definition) is 4. The Bertz CT molecular complexity index is 798. The Hall–Kier alpha value is -2.01.